The lowest BCUT2D eigenvalue weighted by Gasteiger charge is -2.00. The number of nitrogens with zero attached hydrogens (tertiary/aromatic N) is 2. The maximum atomic E-state index is 13.4. The van der Waals surface area contributed by atoms with E-state index in [2.05, 4.69) is 4.98 Å². The van der Waals surface area contributed by atoms with Crippen molar-refractivity contribution in [1.29, 1.82) is 5.26 Å². The molecule has 0 aliphatic heterocycles. The van der Waals surface area contributed by atoms with Gasteiger partial charge in [-0.1, -0.05) is 11.8 Å². The van der Waals surface area contributed by atoms with Gasteiger partial charge in [-0.05, 0) is 42.0 Å². The molecule has 1 heterocycles. The van der Waals surface area contributed by atoms with E-state index >= 15 is 0 Å². The van der Waals surface area contributed by atoms with Crippen LogP contribution in [0.15, 0.2) is 40.7 Å². The number of halogens is 1. The predicted octanol–water partition coefficient (Wildman–Crippen LogP) is 4.18. The van der Waals surface area contributed by atoms with Crippen LogP contribution >= 0.6 is 23.1 Å². The van der Waals surface area contributed by atoms with E-state index in [4.69, 9.17) is 11.0 Å². The fourth-order valence-corrected chi connectivity index (χ4v) is 3.97. The molecule has 3 rings (SSSR count). The molecule has 2 N–H and O–H groups in total. The summed E-state index contributed by atoms with van der Waals surface area (Å²) < 4.78 is 15.3. The van der Waals surface area contributed by atoms with Crippen LogP contribution in [0.4, 0.5) is 10.1 Å². The molecule has 0 radical (unpaired) electrons. The van der Waals surface area contributed by atoms with Gasteiger partial charge in [0.15, 0.2) is 4.34 Å². The lowest BCUT2D eigenvalue weighted by Crippen LogP contribution is -1.86. The van der Waals surface area contributed by atoms with Gasteiger partial charge in [0.25, 0.3) is 0 Å². The fraction of sp³-hybridized carbons (Fsp3) is 0.0667. The van der Waals surface area contributed by atoms with Gasteiger partial charge in [0.2, 0.25) is 0 Å². The number of rotatable bonds is 3. The standard InChI is InChI=1S/C15H10FN3S2/c16-11-4-9(7-17)3-10(5-11)8-20-15-19-13-2-1-12(18)6-14(13)21-15/h1-6H,8,18H2. The van der Waals surface area contributed by atoms with E-state index in [1.807, 2.05) is 24.3 Å². The number of nitrogen functional groups attached to an aromatic ring is 1. The molecule has 0 aliphatic carbocycles. The van der Waals surface area contributed by atoms with Crippen molar-refractivity contribution in [3.8, 4) is 6.07 Å². The Labute approximate surface area is 129 Å². The van der Waals surface area contributed by atoms with E-state index in [1.165, 1.54) is 23.9 Å². The minimum Gasteiger partial charge on any atom is -0.399 e. The summed E-state index contributed by atoms with van der Waals surface area (Å²) in [7, 11) is 0. The molecule has 6 heteroatoms. The van der Waals surface area contributed by atoms with Crippen LogP contribution in [0.3, 0.4) is 0 Å². The number of hydrogen-bond donors (Lipinski definition) is 1. The molecule has 0 fully saturated rings. The van der Waals surface area contributed by atoms with E-state index in [-0.39, 0.29) is 5.82 Å². The number of fused-ring (bicyclic) bond motifs is 1. The minimum absolute atomic E-state index is 0.336. The largest absolute Gasteiger partial charge is 0.399 e. The second kappa shape index (κ2) is 5.72. The topological polar surface area (TPSA) is 62.7 Å². The lowest BCUT2D eigenvalue weighted by molar-refractivity contribution is 0.626. The average Bonchev–Trinajstić information content (AvgIpc) is 2.86. The minimum atomic E-state index is -0.387. The van der Waals surface area contributed by atoms with E-state index in [9.17, 15) is 4.39 Å². The van der Waals surface area contributed by atoms with Crippen molar-refractivity contribution >= 4 is 39.0 Å². The quantitative estimate of drug-likeness (QED) is 0.581. The molecule has 104 valence electrons. The van der Waals surface area contributed by atoms with Gasteiger partial charge < -0.3 is 5.73 Å². The monoisotopic (exact) mass is 315 g/mol. The number of nitrogens with two attached hydrogens (primary N) is 1. The molecule has 2 aromatic carbocycles. The van der Waals surface area contributed by atoms with Crippen LogP contribution in [-0.4, -0.2) is 4.98 Å². The summed E-state index contributed by atoms with van der Waals surface area (Å²) in [5.41, 5.74) is 8.48. The van der Waals surface area contributed by atoms with Gasteiger partial charge in [0.05, 0.1) is 21.8 Å². The predicted molar refractivity (Wildman–Crippen MR) is 84.7 cm³/mol. The van der Waals surface area contributed by atoms with Crippen molar-refractivity contribution in [3.63, 3.8) is 0 Å². The van der Waals surface area contributed by atoms with Crippen molar-refractivity contribution in [2.75, 3.05) is 5.73 Å². The molecule has 0 atom stereocenters. The lowest BCUT2D eigenvalue weighted by atomic mass is 10.1. The van der Waals surface area contributed by atoms with Crippen molar-refractivity contribution in [2.24, 2.45) is 0 Å². The summed E-state index contributed by atoms with van der Waals surface area (Å²) in [6.07, 6.45) is 0. The molecule has 0 spiro atoms. The van der Waals surface area contributed by atoms with Crippen molar-refractivity contribution in [2.45, 2.75) is 10.1 Å². The molecule has 1 aromatic heterocycles. The Kier molecular flexibility index (Phi) is 3.78. The number of benzene rings is 2. The SMILES string of the molecule is N#Cc1cc(F)cc(CSc2nc3ccc(N)cc3s2)c1. The molecule has 0 unspecified atom stereocenters. The summed E-state index contributed by atoms with van der Waals surface area (Å²) in [5, 5.41) is 8.85. The molecule has 0 aliphatic rings. The van der Waals surface area contributed by atoms with Crippen LogP contribution in [0.2, 0.25) is 0 Å². The Morgan fingerprint density at radius 3 is 2.95 bits per heavy atom. The van der Waals surface area contributed by atoms with Crippen molar-refractivity contribution in [3.05, 3.63) is 53.3 Å². The highest BCUT2D eigenvalue weighted by atomic mass is 32.2. The van der Waals surface area contributed by atoms with E-state index in [1.54, 1.807) is 17.4 Å². The van der Waals surface area contributed by atoms with Gasteiger partial charge in [0.1, 0.15) is 5.82 Å². The molecular weight excluding hydrogens is 305 g/mol. The van der Waals surface area contributed by atoms with Crippen LogP contribution in [-0.2, 0) is 5.75 Å². The Hall–Kier alpha value is -2.10. The zero-order valence-corrected chi connectivity index (χ0v) is 12.5. The summed E-state index contributed by atoms with van der Waals surface area (Å²) in [6.45, 7) is 0. The molecular formula is C15H10FN3S2. The first-order valence-corrected chi connectivity index (χ1v) is 7.93. The molecule has 0 bridgehead atoms. The van der Waals surface area contributed by atoms with E-state index in [0.717, 1.165) is 20.1 Å². The molecule has 0 saturated heterocycles. The first-order valence-electron chi connectivity index (χ1n) is 6.12. The summed E-state index contributed by atoms with van der Waals surface area (Å²) in [5.74, 6) is 0.184. The van der Waals surface area contributed by atoms with Crippen LogP contribution < -0.4 is 5.73 Å². The van der Waals surface area contributed by atoms with E-state index < -0.39 is 0 Å². The maximum absolute atomic E-state index is 13.4. The zero-order valence-electron chi connectivity index (χ0n) is 10.8. The summed E-state index contributed by atoms with van der Waals surface area (Å²) in [4.78, 5) is 4.50. The first kappa shape index (κ1) is 13.9. The smallest absolute Gasteiger partial charge is 0.151 e. The zero-order chi connectivity index (χ0) is 14.8. The normalized spacial score (nSPS) is 10.7. The van der Waals surface area contributed by atoms with Gasteiger partial charge in [-0.2, -0.15) is 5.26 Å². The van der Waals surface area contributed by atoms with Crippen LogP contribution in [0.5, 0.6) is 0 Å². The number of nitriles is 1. The number of aromatic nitrogens is 1. The number of thioether (sulfide) groups is 1. The highest BCUT2D eigenvalue weighted by Gasteiger charge is 2.07. The Balaban J connectivity index is 1.80. The van der Waals surface area contributed by atoms with Crippen LogP contribution in [0, 0.1) is 17.1 Å². The van der Waals surface area contributed by atoms with Crippen molar-refractivity contribution < 1.29 is 4.39 Å². The number of anilines is 1. The number of thiazole rings is 1. The van der Waals surface area contributed by atoms with Crippen LogP contribution in [0.1, 0.15) is 11.1 Å². The molecule has 0 saturated carbocycles. The van der Waals surface area contributed by atoms with Gasteiger partial charge in [-0.15, -0.1) is 11.3 Å². The summed E-state index contributed by atoms with van der Waals surface area (Å²) >= 11 is 3.08. The molecule has 3 aromatic rings. The molecule has 3 nitrogen and oxygen atoms in total. The third-order valence-electron chi connectivity index (χ3n) is 2.84. The van der Waals surface area contributed by atoms with Gasteiger partial charge >= 0.3 is 0 Å². The maximum Gasteiger partial charge on any atom is 0.151 e. The second-order valence-electron chi connectivity index (χ2n) is 4.46. The molecule has 21 heavy (non-hydrogen) atoms. The summed E-state index contributed by atoms with van der Waals surface area (Å²) in [6, 6.07) is 11.9. The van der Waals surface area contributed by atoms with E-state index in [0.29, 0.717) is 17.0 Å². The van der Waals surface area contributed by atoms with Crippen molar-refractivity contribution in [1.82, 2.24) is 4.98 Å². The van der Waals surface area contributed by atoms with Gasteiger partial charge in [-0.25, -0.2) is 9.37 Å². The van der Waals surface area contributed by atoms with Crippen LogP contribution in [0.25, 0.3) is 10.2 Å². The molecule has 0 amide bonds. The highest BCUT2D eigenvalue weighted by molar-refractivity contribution is 8.00. The second-order valence-corrected chi connectivity index (χ2v) is 6.71. The van der Waals surface area contributed by atoms with Gasteiger partial charge in [0, 0.05) is 11.4 Å². The fourth-order valence-electron chi connectivity index (χ4n) is 1.93. The highest BCUT2D eigenvalue weighted by Crippen LogP contribution is 2.32. The Morgan fingerprint density at radius 1 is 1.29 bits per heavy atom. The third kappa shape index (κ3) is 3.15. The Bertz CT molecular complexity index is 852. The van der Waals surface area contributed by atoms with Gasteiger partial charge in [-0.3, -0.25) is 0 Å². The average molecular weight is 315 g/mol. The third-order valence-corrected chi connectivity index (χ3v) is 5.07. The Morgan fingerprint density at radius 2 is 2.14 bits per heavy atom. The number of hydrogen-bond acceptors (Lipinski definition) is 5. The first-order chi connectivity index (χ1) is 10.1.